The minimum atomic E-state index is -0.464. The zero-order valence-corrected chi connectivity index (χ0v) is 10.4. The molecule has 96 valence electrons. The van der Waals surface area contributed by atoms with Crippen molar-refractivity contribution >= 4 is 11.7 Å². The molecule has 0 aromatic heterocycles. The topological polar surface area (TPSA) is 57.6 Å². The molecule has 1 aliphatic rings. The van der Waals surface area contributed by atoms with Gasteiger partial charge in [-0.05, 0) is 13.3 Å². The van der Waals surface area contributed by atoms with Gasteiger partial charge in [0, 0.05) is 31.2 Å². The lowest BCUT2D eigenvalue weighted by atomic mass is 10.1. The van der Waals surface area contributed by atoms with Crippen molar-refractivity contribution < 1.29 is 14.7 Å². The van der Waals surface area contributed by atoms with Gasteiger partial charge in [-0.25, -0.2) is 0 Å². The molecule has 0 bridgehead atoms. The van der Waals surface area contributed by atoms with Gasteiger partial charge in [0.05, 0.1) is 0 Å². The molecule has 18 heavy (non-hydrogen) atoms. The zero-order chi connectivity index (χ0) is 13.1. The predicted octanol–water partition coefficient (Wildman–Crippen LogP) is 1.02. The molecule has 1 aromatic carbocycles. The molecule has 1 saturated heterocycles. The molecular formula is C14H17NO3. The van der Waals surface area contributed by atoms with Gasteiger partial charge in [0.15, 0.2) is 0 Å². The van der Waals surface area contributed by atoms with Crippen LogP contribution in [0.25, 0.3) is 0 Å². The lowest BCUT2D eigenvalue weighted by Crippen LogP contribution is -2.35. The van der Waals surface area contributed by atoms with Crippen molar-refractivity contribution in [2.45, 2.75) is 13.3 Å². The number of carbonyl (C=O) groups is 2. The van der Waals surface area contributed by atoms with Gasteiger partial charge in [0.25, 0.3) is 5.91 Å². The summed E-state index contributed by atoms with van der Waals surface area (Å²) in [7, 11) is 0. The first-order valence-corrected chi connectivity index (χ1v) is 6.13. The van der Waals surface area contributed by atoms with Gasteiger partial charge in [-0.3, -0.25) is 9.59 Å². The minimum absolute atomic E-state index is 0.0719. The number of rotatable bonds is 3. The number of aryl methyl sites for hydroxylation is 1. The largest absolute Gasteiger partial charge is 0.396 e. The number of benzene rings is 1. The van der Waals surface area contributed by atoms with Gasteiger partial charge in [0.1, 0.15) is 0 Å². The van der Waals surface area contributed by atoms with E-state index >= 15 is 0 Å². The minimum Gasteiger partial charge on any atom is -0.396 e. The van der Waals surface area contributed by atoms with E-state index in [1.807, 2.05) is 19.1 Å². The molecule has 1 aliphatic heterocycles. The third kappa shape index (κ3) is 2.59. The second-order valence-electron chi connectivity index (χ2n) is 4.78. The highest BCUT2D eigenvalue weighted by Crippen LogP contribution is 2.17. The summed E-state index contributed by atoms with van der Waals surface area (Å²) in [6.07, 6.45) is 0.767. The van der Waals surface area contributed by atoms with Crippen molar-refractivity contribution in [1.29, 1.82) is 0 Å². The van der Waals surface area contributed by atoms with Crippen LogP contribution in [0.5, 0.6) is 0 Å². The van der Waals surface area contributed by atoms with Gasteiger partial charge in [0.2, 0.25) is 5.78 Å². The van der Waals surface area contributed by atoms with E-state index in [2.05, 4.69) is 0 Å². The van der Waals surface area contributed by atoms with E-state index < -0.39 is 11.7 Å². The summed E-state index contributed by atoms with van der Waals surface area (Å²) in [6.45, 7) is 3.04. The number of hydrogen-bond donors (Lipinski definition) is 1. The Kier molecular flexibility index (Phi) is 3.77. The molecule has 0 saturated carbocycles. The molecule has 1 aromatic rings. The van der Waals surface area contributed by atoms with Crippen molar-refractivity contribution in [3.05, 3.63) is 35.4 Å². The summed E-state index contributed by atoms with van der Waals surface area (Å²) in [5, 5.41) is 9.03. The van der Waals surface area contributed by atoms with E-state index in [1.54, 1.807) is 12.1 Å². The highest BCUT2D eigenvalue weighted by molar-refractivity contribution is 6.42. The third-order valence-corrected chi connectivity index (χ3v) is 3.34. The van der Waals surface area contributed by atoms with Crippen molar-refractivity contribution in [3.8, 4) is 0 Å². The van der Waals surface area contributed by atoms with Gasteiger partial charge in [-0.15, -0.1) is 0 Å². The zero-order valence-electron chi connectivity index (χ0n) is 10.4. The van der Waals surface area contributed by atoms with Crippen molar-refractivity contribution in [1.82, 2.24) is 4.90 Å². The maximum absolute atomic E-state index is 12.0. The Bertz CT molecular complexity index is 453. The number of Topliss-reactive ketones (excluding diaryl/α,β-unsaturated/α-hetero) is 1. The van der Waals surface area contributed by atoms with Gasteiger partial charge >= 0.3 is 0 Å². The van der Waals surface area contributed by atoms with Gasteiger partial charge in [-0.1, -0.05) is 29.8 Å². The molecule has 0 radical (unpaired) electrons. The second kappa shape index (κ2) is 5.31. The Morgan fingerprint density at radius 3 is 2.56 bits per heavy atom. The molecule has 2 rings (SSSR count). The molecular weight excluding hydrogens is 230 g/mol. The first-order valence-electron chi connectivity index (χ1n) is 6.13. The monoisotopic (exact) mass is 247 g/mol. The Morgan fingerprint density at radius 1 is 1.33 bits per heavy atom. The molecule has 1 N–H and O–H groups in total. The molecule has 1 fully saturated rings. The van der Waals surface area contributed by atoms with E-state index in [-0.39, 0.29) is 12.5 Å². The Balaban J connectivity index is 2.05. The number of amides is 1. The van der Waals surface area contributed by atoms with Crippen LogP contribution in [0.1, 0.15) is 22.3 Å². The third-order valence-electron chi connectivity index (χ3n) is 3.34. The number of nitrogens with zero attached hydrogens (tertiary/aromatic N) is 1. The average Bonchev–Trinajstić information content (AvgIpc) is 2.86. The quantitative estimate of drug-likeness (QED) is 0.641. The summed E-state index contributed by atoms with van der Waals surface area (Å²) in [6, 6.07) is 6.99. The van der Waals surface area contributed by atoms with E-state index in [1.165, 1.54) is 4.90 Å². The summed E-state index contributed by atoms with van der Waals surface area (Å²) in [5.41, 5.74) is 1.48. The predicted molar refractivity (Wildman–Crippen MR) is 67.3 cm³/mol. The Hall–Kier alpha value is -1.68. The maximum Gasteiger partial charge on any atom is 0.294 e. The van der Waals surface area contributed by atoms with Crippen LogP contribution in [0.3, 0.4) is 0 Å². The van der Waals surface area contributed by atoms with Crippen LogP contribution in [-0.4, -0.2) is 41.4 Å². The Labute approximate surface area is 106 Å². The van der Waals surface area contributed by atoms with Crippen LogP contribution >= 0.6 is 0 Å². The normalized spacial score (nSPS) is 19.0. The van der Waals surface area contributed by atoms with Crippen LogP contribution in [0.4, 0.5) is 0 Å². The van der Waals surface area contributed by atoms with E-state index in [4.69, 9.17) is 5.11 Å². The maximum atomic E-state index is 12.0. The molecule has 1 amide bonds. The number of ketones is 1. The number of aliphatic hydroxyl groups excluding tert-OH is 1. The van der Waals surface area contributed by atoms with Crippen molar-refractivity contribution in [2.75, 3.05) is 19.7 Å². The summed E-state index contributed by atoms with van der Waals surface area (Å²) in [5.74, 6) is -0.817. The summed E-state index contributed by atoms with van der Waals surface area (Å²) < 4.78 is 0. The first kappa shape index (κ1) is 12.8. The fraction of sp³-hybridized carbons (Fsp3) is 0.429. The molecule has 1 heterocycles. The smallest absolute Gasteiger partial charge is 0.294 e. The average molecular weight is 247 g/mol. The van der Waals surface area contributed by atoms with Crippen molar-refractivity contribution in [2.24, 2.45) is 5.92 Å². The van der Waals surface area contributed by atoms with Crippen LogP contribution in [0.15, 0.2) is 24.3 Å². The number of hydrogen-bond acceptors (Lipinski definition) is 3. The van der Waals surface area contributed by atoms with E-state index in [0.29, 0.717) is 18.7 Å². The lowest BCUT2D eigenvalue weighted by molar-refractivity contribution is -0.125. The van der Waals surface area contributed by atoms with E-state index in [9.17, 15) is 9.59 Å². The lowest BCUT2D eigenvalue weighted by Gasteiger charge is -2.15. The Morgan fingerprint density at radius 2 is 2.00 bits per heavy atom. The van der Waals surface area contributed by atoms with Crippen LogP contribution in [0, 0.1) is 12.8 Å². The van der Waals surface area contributed by atoms with Crippen LogP contribution < -0.4 is 0 Å². The highest BCUT2D eigenvalue weighted by atomic mass is 16.3. The second-order valence-corrected chi connectivity index (χ2v) is 4.78. The first-order chi connectivity index (χ1) is 8.61. The molecule has 4 nitrogen and oxygen atoms in total. The number of likely N-dealkylation sites (tertiary alicyclic amines) is 1. The fourth-order valence-electron chi connectivity index (χ4n) is 2.14. The standard InChI is InChI=1S/C14H17NO3/c1-10-2-4-12(5-3-10)13(17)14(18)15-7-6-11(8-15)9-16/h2-5,11,16H,6-9H2,1H3. The molecule has 0 spiro atoms. The van der Waals surface area contributed by atoms with Gasteiger partial charge in [-0.2, -0.15) is 0 Å². The fourth-order valence-corrected chi connectivity index (χ4v) is 2.14. The summed E-state index contributed by atoms with van der Waals surface area (Å²) >= 11 is 0. The van der Waals surface area contributed by atoms with Crippen LogP contribution in [0.2, 0.25) is 0 Å². The van der Waals surface area contributed by atoms with E-state index in [0.717, 1.165) is 12.0 Å². The molecule has 0 aliphatic carbocycles. The highest BCUT2D eigenvalue weighted by Gasteiger charge is 2.29. The molecule has 4 heteroatoms. The van der Waals surface area contributed by atoms with Crippen LogP contribution in [-0.2, 0) is 4.79 Å². The SMILES string of the molecule is Cc1ccc(C(=O)C(=O)N2CCC(CO)C2)cc1. The summed E-state index contributed by atoms with van der Waals surface area (Å²) in [4.78, 5) is 25.5. The van der Waals surface area contributed by atoms with Crippen molar-refractivity contribution in [3.63, 3.8) is 0 Å². The van der Waals surface area contributed by atoms with Gasteiger partial charge < -0.3 is 10.0 Å². The molecule has 1 atom stereocenters. The molecule has 1 unspecified atom stereocenters. The number of carbonyl (C=O) groups excluding carboxylic acids is 2. The number of aliphatic hydroxyl groups is 1.